The molecule has 158 valence electrons. The van der Waals surface area contributed by atoms with Gasteiger partial charge in [0.2, 0.25) is 0 Å². The summed E-state index contributed by atoms with van der Waals surface area (Å²) in [6.07, 6.45) is 12.1. The second kappa shape index (κ2) is 18.4. The van der Waals surface area contributed by atoms with Crippen molar-refractivity contribution in [1.82, 2.24) is 0 Å². The van der Waals surface area contributed by atoms with Gasteiger partial charge < -0.3 is 20.1 Å². The first kappa shape index (κ1) is 26.0. The van der Waals surface area contributed by atoms with Crippen molar-refractivity contribution < 1.29 is 28.0 Å². The lowest BCUT2D eigenvalue weighted by molar-refractivity contribution is -0.0965. The van der Waals surface area contributed by atoms with Crippen molar-refractivity contribution in [3.05, 3.63) is 0 Å². The smallest absolute Gasteiger partial charge is 0.379 e. The zero-order chi connectivity index (χ0) is 19.5. The predicted molar refractivity (Wildman–Crippen MR) is 104 cm³/mol. The van der Waals surface area contributed by atoms with Gasteiger partial charge in [0.15, 0.2) is 6.29 Å². The minimum Gasteiger partial charge on any atom is -0.379 e. The molecule has 0 radical (unpaired) electrons. The number of ether oxygens (including phenoxy) is 2. The lowest BCUT2D eigenvalue weighted by Crippen LogP contribution is -2.17. The number of hydrogen-bond acceptors (Lipinski definition) is 6. The molecule has 0 saturated carbocycles. The van der Waals surface area contributed by atoms with Gasteiger partial charge in [-0.05, 0) is 13.3 Å². The van der Waals surface area contributed by atoms with Crippen LogP contribution in [-0.2, 0) is 23.1 Å². The third-order valence-corrected chi connectivity index (χ3v) is 4.95. The van der Waals surface area contributed by atoms with E-state index in [4.69, 9.17) is 19.7 Å². The molecule has 0 heterocycles. The maximum Gasteiger partial charge on any atom is 0.474 e. The molecule has 0 aliphatic rings. The molecule has 0 spiro atoms. The maximum absolute atomic E-state index is 11.5. The maximum atomic E-state index is 11.5. The van der Waals surface area contributed by atoms with Crippen molar-refractivity contribution in [3.8, 4) is 0 Å². The fourth-order valence-electron chi connectivity index (χ4n) is 2.48. The van der Waals surface area contributed by atoms with Gasteiger partial charge in [-0.3, -0.25) is 9.05 Å². The minimum atomic E-state index is -4.10. The van der Waals surface area contributed by atoms with E-state index in [0.29, 0.717) is 19.8 Å². The van der Waals surface area contributed by atoms with Gasteiger partial charge in [-0.1, -0.05) is 64.7 Å². The molecule has 0 aromatic carbocycles. The van der Waals surface area contributed by atoms with Crippen molar-refractivity contribution in [2.45, 2.75) is 84.3 Å². The average molecular weight is 397 g/mol. The highest BCUT2D eigenvalue weighted by atomic mass is 31.2. The molecular formula is C18H40NO6P. The Morgan fingerprint density at radius 2 is 1.46 bits per heavy atom. The number of hydrogen-bond donors (Lipinski definition) is 2. The summed E-state index contributed by atoms with van der Waals surface area (Å²) in [5.74, 6) is 0. The minimum absolute atomic E-state index is 0.0392. The molecule has 2 unspecified atom stereocenters. The van der Waals surface area contributed by atoms with Gasteiger partial charge in [-0.2, -0.15) is 0 Å². The van der Waals surface area contributed by atoms with E-state index in [9.17, 15) is 9.46 Å². The van der Waals surface area contributed by atoms with E-state index in [1.54, 1.807) is 0 Å². The highest BCUT2D eigenvalue weighted by Crippen LogP contribution is 2.44. The van der Waals surface area contributed by atoms with E-state index in [1.807, 2.05) is 0 Å². The molecule has 0 aromatic rings. The standard InChI is InChI=1S/C18H40NO6P/c1-3-4-5-6-7-8-9-10-11-12-14-22-16-17-23-18(2)25-26(20,21)24-15-13-19/h18H,3-17,19H2,1-2H3,(H,20,21). The van der Waals surface area contributed by atoms with Crippen molar-refractivity contribution in [2.75, 3.05) is 33.0 Å². The first-order valence-electron chi connectivity index (χ1n) is 10.1. The van der Waals surface area contributed by atoms with Gasteiger partial charge in [0, 0.05) is 13.2 Å². The van der Waals surface area contributed by atoms with Crippen LogP contribution in [0.4, 0.5) is 0 Å². The molecule has 26 heavy (non-hydrogen) atoms. The quantitative estimate of drug-likeness (QED) is 0.179. The van der Waals surface area contributed by atoms with Crippen LogP contribution in [0.2, 0.25) is 0 Å². The summed E-state index contributed by atoms with van der Waals surface area (Å²) >= 11 is 0. The van der Waals surface area contributed by atoms with Crippen molar-refractivity contribution in [3.63, 3.8) is 0 Å². The van der Waals surface area contributed by atoms with Gasteiger partial charge in [-0.15, -0.1) is 0 Å². The van der Waals surface area contributed by atoms with Crippen LogP contribution in [0.1, 0.15) is 78.1 Å². The molecule has 0 fully saturated rings. The topological polar surface area (TPSA) is 100 Å². The highest BCUT2D eigenvalue weighted by molar-refractivity contribution is 7.47. The Kier molecular flexibility index (Phi) is 18.4. The Labute approximate surface area is 159 Å². The second-order valence-corrected chi connectivity index (χ2v) is 7.83. The molecule has 2 atom stereocenters. The van der Waals surface area contributed by atoms with Crippen molar-refractivity contribution in [2.24, 2.45) is 5.73 Å². The fourth-order valence-corrected chi connectivity index (χ4v) is 3.32. The summed E-state index contributed by atoms with van der Waals surface area (Å²) in [4.78, 5) is 9.38. The van der Waals surface area contributed by atoms with Crippen LogP contribution >= 0.6 is 7.82 Å². The van der Waals surface area contributed by atoms with Crippen LogP contribution < -0.4 is 5.73 Å². The predicted octanol–water partition coefficient (Wildman–Crippen LogP) is 4.38. The summed E-state index contributed by atoms with van der Waals surface area (Å²) < 4.78 is 31.7. The third-order valence-electron chi connectivity index (χ3n) is 3.88. The van der Waals surface area contributed by atoms with E-state index in [0.717, 1.165) is 6.42 Å². The second-order valence-electron chi connectivity index (χ2n) is 6.43. The summed E-state index contributed by atoms with van der Waals surface area (Å²) in [5, 5.41) is 0. The van der Waals surface area contributed by atoms with Crippen LogP contribution in [0.25, 0.3) is 0 Å². The van der Waals surface area contributed by atoms with Crippen LogP contribution in [0.15, 0.2) is 0 Å². The van der Waals surface area contributed by atoms with E-state index >= 15 is 0 Å². The number of nitrogens with two attached hydrogens (primary N) is 1. The van der Waals surface area contributed by atoms with Gasteiger partial charge in [0.05, 0.1) is 19.8 Å². The molecule has 0 aliphatic heterocycles. The Bertz CT molecular complexity index is 346. The van der Waals surface area contributed by atoms with Crippen molar-refractivity contribution >= 4 is 7.82 Å². The van der Waals surface area contributed by atoms with Gasteiger partial charge in [-0.25, -0.2) is 4.57 Å². The molecule has 3 N–H and O–H groups in total. The summed E-state index contributed by atoms with van der Waals surface area (Å²) in [7, 11) is -4.10. The third kappa shape index (κ3) is 18.8. The van der Waals surface area contributed by atoms with Crippen LogP contribution in [0.3, 0.4) is 0 Å². The summed E-state index contributed by atoms with van der Waals surface area (Å²) in [5.41, 5.74) is 5.20. The molecule has 0 saturated heterocycles. The monoisotopic (exact) mass is 397 g/mol. The normalized spacial score (nSPS) is 15.1. The average Bonchev–Trinajstić information content (AvgIpc) is 2.60. The molecule has 0 rings (SSSR count). The summed E-state index contributed by atoms with van der Waals surface area (Å²) in [6.45, 7) is 5.35. The summed E-state index contributed by atoms with van der Waals surface area (Å²) in [6, 6.07) is 0. The van der Waals surface area contributed by atoms with Crippen LogP contribution in [-0.4, -0.2) is 44.2 Å². The number of phosphoric acid groups is 1. The highest BCUT2D eigenvalue weighted by Gasteiger charge is 2.24. The first-order valence-corrected chi connectivity index (χ1v) is 11.6. The fraction of sp³-hybridized carbons (Fsp3) is 1.00. The van der Waals surface area contributed by atoms with Gasteiger partial charge in [0.25, 0.3) is 0 Å². The number of phosphoric ester groups is 1. The first-order chi connectivity index (χ1) is 12.5. The van der Waals surface area contributed by atoms with E-state index < -0.39 is 14.1 Å². The van der Waals surface area contributed by atoms with Crippen LogP contribution in [0.5, 0.6) is 0 Å². The molecule has 0 amide bonds. The van der Waals surface area contributed by atoms with E-state index in [-0.39, 0.29) is 13.2 Å². The SMILES string of the molecule is CCCCCCCCCCCCOCCOC(C)OP(=O)(O)OCCN. The molecule has 7 nitrogen and oxygen atoms in total. The molecule has 8 heteroatoms. The van der Waals surface area contributed by atoms with Crippen molar-refractivity contribution in [1.29, 1.82) is 0 Å². The molecule has 0 aliphatic carbocycles. The lowest BCUT2D eigenvalue weighted by Gasteiger charge is -2.17. The largest absolute Gasteiger partial charge is 0.474 e. The number of unbranched alkanes of at least 4 members (excludes halogenated alkanes) is 9. The van der Waals surface area contributed by atoms with Crippen LogP contribution in [0, 0.1) is 0 Å². The van der Waals surface area contributed by atoms with Gasteiger partial charge in [0.1, 0.15) is 0 Å². The Balaban J connectivity index is 3.31. The zero-order valence-corrected chi connectivity index (χ0v) is 17.6. The molecule has 0 bridgehead atoms. The Morgan fingerprint density at radius 3 is 2.04 bits per heavy atom. The number of rotatable bonds is 20. The molecular weight excluding hydrogens is 357 g/mol. The Hall–Kier alpha value is -0.0100. The molecule has 0 aromatic heterocycles. The Morgan fingerprint density at radius 1 is 0.885 bits per heavy atom. The zero-order valence-electron chi connectivity index (χ0n) is 16.7. The lowest BCUT2D eigenvalue weighted by atomic mass is 10.1. The van der Waals surface area contributed by atoms with E-state index in [1.165, 1.54) is 64.7 Å². The van der Waals surface area contributed by atoms with E-state index in [2.05, 4.69) is 11.4 Å². The van der Waals surface area contributed by atoms with Gasteiger partial charge >= 0.3 is 7.82 Å².